The second kappa shape index (κ2) is 6.34. The maximum atomic E-state index is 12.2. The minimum absolute atomic E-state index is 0.133. The Morgan fingerprint density at radius 2 is 2.10 bits per heavy atom. The van der Waals surface area contributed by atoms with Crippen LogP contribution in [0.1, 0.15) is 5.56 Å². The lowest BCUT2D eigenvalue weighted by Gasteiger charge is -2.14. The second-order valence-corrected chi connectivity index (χ2v) is 6.49. The predicted octanol–water partition coefficient (Wildman–Crippen LogP) is 0.473. The van der Waals surface area contributed by atoms with Crippen molar-refractivity contribution in [1.29, 1.82) is 10.7 Å². The predicted molar refractivity (Wildman–Crippen MR) is 80.6 cm³/mol. The van der Waals surface area contributed by atoms with Crippen LogP contribution in [0, 0.1) is 23.7 Å². The van der Waals surface area contributed by atoms with E-state index in [1.165, 1.54) is 20.2 Å². The number of aryl methyl sites for hydroxylation is 1. The van der Waals surface area contributed by atoms with E-state index in [0.29, 0.717) is 11.3 Å². The Hall–Kier alpha value is -2.44. The summed E-state index contributed by atoms with van der Waals surface area (Å²) in [5.41, 5.74) is 8.35. The van der Waals surface area contributed by atoms with Gasteiger partial charge in [0.25, 0.3) is 0 Å². The molecule has 112 valence electrons. The first-order valence-electron chi connectivity index (χ1n) is 5.81. The Bertz CT molecular complexity index is 731. The number of hydrogen-bond donors (Lipinski definition) is 3. The van der Waals surface area contributed by atoms with E-state index in [1.54, 1.807) is 25.1 Å². The van der Waals surface area contributed by atoms with Gasteiger partial charge in [0.1, 0.15) is 6.07 Å². The summed E-state index contributed by atoms with van der Waals surface area (Å²) in [5, 5.41) is 19.5. The van der Waals surface area contributed by atoms with Gasteiger partial charge in [-0.3, -0.25) is 10.8 Å². The molecule has 0 aliphatic carbocycles. The van der Waals surface area contributed by atoms with Crippen molar-refractivity contribution in [2.45, 2.75) is 11.8 Å². The number of amidine groups is 1. The van der Waals surface area contributed by atoms with Gasteiger partial charge in [-0.1, -0.05) is 6.07 Å². The molecule has 21 heavy (non-hydrogen) atoms. The summed E-state index contributed by atoms with van der Waals surface area (Å²) in [5.74, 6) is -0.474. The minimum Gasteiger partial charge on any atom is -0.382 e. The van der Waals surface area contributed by atoms with Crippen LogP contribution in [-0.2, 0) is 10.0 Å². The molecule has 0 radical (unpaired) electrons. The van der Waals surface area contributed by atoms with Crippen LogP contribution in [0.25, 0.3) is 0 Å². The van der Waals surface area contributed by atoms with E-state index >= 15 is 0 Å². The molecule has 0 spiro atoms. The summed E-state index contributed by atoms with van der Waals surface area (Å²) in [7, 11) is -0.696. The Labute approximate surface area is 123 Å². The molecule has 0 unspecified atom stereocenters. The summed E-state index contributed by atoms with van der Waals surface area (Å²) >= 11 is 0. The number of nitriles is 1. The zero-order valence-electron chi connectivity index (χ0n) is 11.9. The van der Waals surface area contributed by atoms with Gasteiger partial charge in [-0.25, -0.2) is 12.7 Å². The second-order valence-electron chi connectivity index (χ2n) is 4.37. The number of nitrogens with one attached hydrogen (secondary N) is 2. The lowest BCUT2D eigenvalue weighted by Crippen LogP contribution is -2.23. The first kappa shape index (κ1) is 16.6. The van der Waals surface area contributed by atoms with Gasteiger partial charge in [0.15, 0.2) is 5.84 Å². The smallest absolute Gasteiger partial charge is 0.242 e. The van der Waals surface area contributed by atoms with Gasteiger partial charge in [0.05, 0.1) is 10.6 Å². The fourth-order valence-corrected chi connectivity index (χ4v) is 2.55. The first-order valence-corrected chi connectivity index (χ1v) is 7.25. The van der Waals surface area contributed by atoms with Crippen LogP contribution < -0.4 is 11.2 Å². The maximum absolute atomic E-state index is 12.2. The van der Waals surface area contributed by atoms with Crippen LogP contribution in [0.15, 0.2) is 28.2 Å². The molecule has 0 aliphatic heterocycles. The third-order valence-corrected chi connectivity index (χ3v) is 4.56. The molecule has 0 amide bonds. The normalized spacial score (nSPS) is 12.0. The fourth-order valence-electron chi connectivity index (χ4n) is 1.41. The van der Waals surface area contributed by atoms with E-state index in [2.05, 4.69) is 10.5 Å². The number of anilines is 1. The largest absolute Gasteiger partial charge is 0.382 e. The molecule has 1 aromatic rings. The third-order valence-electron chi connectivity index (χ3n) is 2.60. The van der Waals surface area contributed by atoms with Crippen LogP contribution in [0.4, 0.5) is 5.69 Å². The average molecular weight is 308 g/mol. The number of nitrogens with zero attached hydrogens (tertiary/aromatic N) is 3. The van der Waals surface area contributed by atoms with Crippen LogP contribution in [0.3, 0.4) is 0 Å². The van der Waals surface area contributed by atoms with Crippen molar-refractivity contribution in [2.24, 2.45) is 10.8 Å². The topological polar surface area (TPSA) is 135 Å². The molecule has 0 aromatic heterocycles. The molecular weight excluding hydrogens is 292 g/mol. The number of hydrazone groups is 1. The first-order chi connectivity index (χ1) is 9.70. The van der Waals surface area contributed by atoms with Crippen LogP contribution in [0.2, 0.25) is 0 Å². The molecule has 0 atom stereocenters. The zero-order chi connectivity index (χ0) is 16.2. The zero-order valence-corrected chi connectivity index (χ0v) is 12.7. The number of hydrogen-bond acceptors (Lipinski definition) is 6. The molecule has 0 bridgehead atoms. The summed E-state index contributed by atoms with van der Waals surface area (Å²) in [4.78, 5) is 0.133. The Morgan fingerprint density at radius 3 is 2.57 bits per heavy atom. The Kier molecular flexibility index (Phi) is 5.02. The highest BCUT2D eigenvalue weighted by Crippen LogP contribution is 2.22. The van der Waals surface area contributed by atoms with Gasteiger partial charge in [0.2, 0.25) is 15.7 Å². The van der Waals surface area contributed by atoms with Crippen molar-refractivity contribution in [1.82, 2.24) is 4.31 Å². The van der Waals surface area contributed by atoms with E-state index in [4.69, 9.17) is 16.4 Å². The Morgan fingerprint density at radius 1 is 1.48 bits per heavy atom. The third kappa shape index (κ3) is 3.77. The van der Waals surface area contributed by atoms with Crippen molar-refractivity contribution in [3.63, 3.8) is 0 Å². The van der Waals surface area contributed by atoms with Gasteiger partial charge in [0, 0.05) is 14.1 Å². The quantitative estimate of drug-likeness (QED) is 0.413. The molecule has 1 rings (SSSR count). The molecule has 9 heteroatoms. The molecule has 0 fully saturated rings. The van der Waals surface area contributed by atoms with Crippen LogP contribution >= 0.6 is 0 Å². The molecular formula is C12H16N6O2S. The fraction of sp³-hybridized carbons (Fsp3) is 0.250. The molecule has 0 heterocycles. The van der Waals surface area contributed by atoms with Gasteiger partial charge >= 0.3 is 0 Å². The highest BCUT2D eigenvalue weighted by Gasteiger charge is 2.20. The number of rotatable bonds is 5. The van der Waals surface area contributed by atoms with Crippen LogP contribution in [0.5, 0.6) is 0 Å². The summed E-state index contributed by atoms with van der Waals surface area (Å²) in [6.45, 7) is 1.68. The lowest BCUT2D eigenvalue weighted by molar-refractivity contribution is 0.520. The summed E-state index contributed by atoms with van der Waals surface area (Å²) in [6.07, 6.45) is 0. The standard InChI is InChI=1S/C12H16N6O2S/c1-8-4-5-9(16-17-10(7-13)12(14)15)6-11(8)21(19,20)18(2)3/h4-6,16H,1-3H3,(H3,14,15)/b17-10+. The van der Waals surface area contributed by atoms with E-state index in [0.717, 1.165) is 4.31 Å². The van der Waals surface area contributed by atoms with Crippen molar-refractivity contribution in [3.8, 4) is 6.07 Å². The lowest BCUT2D eigenvalue weighted by atomic mass is 10.2. The average Bonchev–Trinajstić information content (AvgIpc) is 2.40. The molecule has 0 saturated heterocycles. The van der Waals surface area contributed by atoms with Gasteiger partial charge in [-0.15, -0.1) is 0 Å². The van der Waals surface area contributed by atoms with Gasteiger partial charge in [-0.05, 0) is 24.6 Å². The number of sulfonamides is 1. The number of benzene rings is 1. The van der Waals surface area contributed by atoms with Crippen molar-refractivity contribution in [3.05, 3.63) is 23.8 Å². The van der Waals surface area contributed by atoms with Gasteiger partial charge in [-0.2, -0.15) is 10.4 Å². The van der Waals surface area contributed by atoms with E-state index in [1.807, 2.05) is 0 Å². The maximum Gasteiger partial charge on any atom is 0.242 e. The summed E-state index contributed by atoms with van der Waals surface area (Å²) in [6, 6.07) is 6.30. The minimum atomic E-state index is -3.58. The molecule has 1 aromatic carbocycles. The summed E-state index contributed by atoms with van der Waals surface area (Å²) < 4.78 is 25.4. The Balaban J connectivity index is 3.21. The van der Waals surface area contributed by atoms with E-state index < -0.39 is 15.9 Å². The monoisotopic (exact) mass is 308 g/mol. The highest BCUT2D eigenvalue weighted by molar-refractivity contribution is 7.89. The SMILES string of the molecule is Cc1ccc(N/N=C(\C#N)C(=N)N)cc1S(=O)(=O)N(C)C. The molecule has 4 N–H and O–H groups in total. The van der Waals surface area contributed by atoms with Crippen molar-refractivity contribution < 1.29 is 8.42 Å². The van der Waals surface area contributed by atoms with Crippen molar-refractivity contribution in [2.75, 3.05) is 19.5 Å². The number of nitrogens with two attached hydrogens (primary N) is 1. The van der Waals surface area contributed by atoms with Crippen LogP contribution in [-0.4, -0.2) is 38.4 Å². The van der Waals surface area contributed by atoms with E-state index in [-0.39, 0.29) is 10.6 Å². The molecule has 8 nitrogen and oxygen atoms in total. The molecule has 0 aliphatic rings. The molecule has 0 saturated carbocycles. The van der Waals surface area contributed by atoms with E-state index in [9.17, 15) is 8.42 Å². The van der Waals surface area contributed by atoms with Crippen molar-refractivity contribution >= 4 is 27.3 Å². The highest BCUT2D eigenvalue weighted by atomic mass is 32.2. The van der Waals surface area contributed by atoms with Gasteiger partial charge < -0.3 is 5.73 Å².